The van der Waals surface area contributed by atoms with Gasteiger partial charge in [-0.05, 0) is 52.6 Å². The average Bonchev–Trinajstić information content (AvgIpc) is 3.18. The fraction of sp³-hybridized carbons (Fsp3) is 0.200. The number of amides is 2. The molecule has 5 nitrogen and oxygen atoms in total. The molecule has 0 radical (unpaired) electrons. The van der Waals surface area contributed by atoms with Crippen LogP contribution in [0.3, 0.4) is 0 Å². The minimum atomic E-state index is -0.158. The van der Waals surface area contributed by atoms with Gasteiger partial charge in [-0.25, -0.2) is 0 Å². The molecule has 0 fully saturated rings. The summed E-state index contributed by atoms with van der Waals surface area (Å²) in [5, 5.41) is 5.85. The van der Waals surface area contributed by atoms with Crippen molar-refractivity contribution in [1.29, 1.82) is 0 Å². The second-order valence-electron chi connectivity index (χ2n) is 7.66. The SMILES string of the molecule is O=C1CCSc2ccc(C(=O)NCc3ccc(-c4ccc5c(c4)CCO5)cc3)cc2N1. The minimum Gasteiger partial charge on any atom is -0.493 e. The van der Waals surface area contributed by atoms with Gasteiger partial charge in [0, 0.05) is 35.6 Å². The van der Waals surface area contributed by atoms with Crippen molar-refractivity contribution >= 4 is 29.3 Å². The number of hydrogen-bond acceptors (Lipinski definition) is 4. The zero-order valence-electron chi connectivity index (χ0n) is 16.9. The fourth-order valence-electron chi connectivity index (χ4n) is 3.83. The number of benzene rings is 3. The van der Waals surface area contributed by atoms with Crippen LogP contribution >= 0.6 is 11.8 Å². The van der Waals surface area contributed by atoms with E-state index in [4.69, 9.17) is 4.74 Å². The molecule has 2 aliphatic rings. The summed E-state index contributed by atoms with van der Waals surface area (Å²) in [5.74, 6) is 1.56. The Morgan fingerprint density at radius 1 is 1.00 bits per heavy atom. The maximum atomic E-state index is 12.6. The summed E-state index contributed by atoms with van der Waals surface area (Å²) in [6.07, 6.45) is 1.44. The van der Waals surface area contributed by atoms with Crippen LogP contribution in [0, 0.1) is 0 Å². The topological polar surface area (TPSA) is 67.4 Å². The molecule has 2 aliphatic heterocycles. The molecule has 3 aromatic rings. The predicted octanol–water partition coefficient (Wildman–Crippen LogP) is 4.65. The number of nitrogens with one attached hydrogen (secondary N) is 2. The van der Waals surface area contributed by atoms with Crippen molar-refractivity contribution in [3.63, 3.8) is 0 Å². The first-order chi connectivity index (χ1) is 15.2. The number of anilines is 1. The molecular weight excluding hydrogens is 408 g/mol. The van der Waals surface area contributed by atoms with E-state index in [-0.39, 0.29) is 11.8 Å². The van der Waals surface area contributed by atoms with Gasteiger partial charge in [-0.2, -0.15) is 0 Å². The van der Waals surface area contributed by atoms with Crippen molar-refractivity contribution in [2.75, 3.05) is 17.7 Å². The molecule has 156 valence electrons. The molecule has 2 amide bonds. The first-order valence-electron chi connectivity index (χ1n) is 10.4. The summed E-state index contributed by atoms with van der Waals surface area (Å²) in [4.78, 5) is 25.4. The number of carbonyl (C=O) groups is 2. The van der Waals surface area contributed by atoms with Crippen molar-refractivity contribution < 1.29 is 14.3 Å². The van der Waals surface area contributed by atoms with Crippen LogP contribution in [0.15, 0.2) is 65.6 Å². The van der Waals surface area contributed by atoms with Gasteiger partial charge < -0.3 is 15.4 Å². The maximum Gasteiger partial charge on any atom is 0.251 e. The molecular formula is C25H22N2O3S. The fourth-order valence-corrected chi connectivity index (χ4v) is 4.76. The third kappa shape index (κ3) is 4.30. The summed E-state index contributed by atoms with van der Waals surface area (Å²) in [6.45, 7) is 1.20. The highest BCUT2D eigenvalue weighted by molar-refractivity contribution is 7.99. The summed E-state index contributed by atoms with van der Waals surface area (Å²) in [6, 6.07) is 20.0. The van der Waals surface area contributed by atoms with E-state index in [0.29, 0.717) is 24.2 Å². The maximum absolute atomic E-state index is 12.6. The lowest BCUT2D eigenvalue weighted by Gasteiger charge is -2.10. The van der Waals surface area contributed by atoms with Crippen LogP contribution in [-0.2, 0) is 17.8 Å². The van der Waals surface area contributed by atoms with Crippen LogP contribution in [0.25, 0.3) is 11.1 Å². The van der Waals surface area contributed by atoms with Gasteiger partial charge in [0.05, 0.1) is 12.3 Å². The summed E-state index contributed by atoms with van der Waals surface area (Å²) in [5.41, 5.74) is 5.85. The number of carbonyl (C=O) groups excluding carboxylic acids is 2. The van der Waals surface area contributed by atoms with E-state index >= 15 is 0 Å². The van der Waals surface area contributed by atoms with E-state index in [1.54, 1.807) is 23.9 Å². The van der Waals surface area contributed by atoms with Gasteiger partial charge in [-0.3, -0.25) is 9.59 Å². The monoisotopic (exact) mass is 430 g/mol. The number of thioether (sulfide) groups is 1. The predicted molar refractivity (Wildman–Crippen MR) is 123 cm³/mol. The highest BCUT2D eigenvalue weighted by atomic mass is 32.2. The van der Waals surface area contributed by atoms with Crippen molar-refractivity contribution in [2.45, 2.75) is 24.3 Å². The Morgan fingerprint density at radius 3 is 2.71 bits per heavy atom. The standard InChI is InChI=1S/C25H22N2O3S/c28-24-10-12-31-23-8-6-20(14-21(23)27-24)25(29)26-15-16-1-3-17(4-2-16)18-5-7-22-19(13-18)9-11-30-22/h1-8,13-14H,9-12,15H2,(H,26,29)(H,27,28). The molecule has 2 N–H and O–H groups in total. The Labute approximate surface area is 185 Å². The summed E-state index contributed by atoms with van der Waals surface area (Å²) < 4.78 is 5.58. The lowest BCUT2D eigenvalue weighted by atomic mass is 10.0. The van der Waals surface area contributed by atoms with Gasteiger partial charge in [0.15, 0.2) is 0 Å². The smallest absolute Gasteiger partial charge is 0.251 e. The molecule has 3 aromatic carbocycles. The van der Waals surface area contributed by atoms with Crippen molar-refractivity contribution in [3.05, 3.63) is 77.4 Å². The molecule has 0 bridgehead atoms. The highest BCUT2D eigenvalue weighted by Gasteiger charge is 2.16. The Balaban J connectivity index is 1.24. The third-order valence-electron chi connectivity index (χ3n) is 5.53. The van der Waals surface area contributed by atoms with E-state index in [9.17, 15) is 9.59 Å². The van der Waals surface area contributed by atoms with Crippen LogP contribution in [0.4, 0.5) is 5.69 Å². The first kappa shape index (κ1) is 19.7. The van der Waals surface area contributed by atoms with Crippen molar-refractivity contribution in [1.82, 2.24) is 5.32 Å². The molecule has 5 rings (SSSR count). The lowest BCUT2D eigenvalue weighted by Crippen LogP contribution is -2.23. The van der Waals surface area contributed by atoms with E-state index in [1.807, 2.05) is 24.3 Å². The third-order valence-corrected chi connectivity index (χ3v) is 6.61. The quantitative estimate of drug-likeness (QED) is 0.632. The summed E-state index contributed by atoms with van der Waals surface area (Å²) in [7, 11) is 0. The van der Waals surface area contributed by atoms with Crippen LogP contribution in [0.5, 0.6) is 5.75 Å². The van der Waals surface area contributed by atoms with Gasteiger partial charge >= 0.3 is 0 Å². The van der Waals surface area contributed by atoms with Crippen LogP contribution in [0.1, 0.15) is 27.9 Å². The van der Waals surface area contributed by atoms with Gasteiger partial charge in [-0.15, -0.1) is 11.8 Å². The van der Waals surface area contributed by atoms with Crippen molar-refractivity contribution in [3.8, 4) is 16.9 Å². The molecule has 0 atom stereocenters. The lowest BCUT2D eigenvalue weighted by molar-refractivity contribution is -0.115. The van der Waals surface area contributed by atoms with Gasteiger partial charge in [-0.1, -0.05) is 30.3 Å². The highest BCUT2D eigenvalue weighted by Crippen LogP contribution is 2.32. The number of hydrogen-bond donors (Lipinski definition) is 2. The van der Waals surface area contributed by atoms with Crippen LogP contribution in [0.2, 0.25) is 0 Å². The van der Waals surface area contributed by atoms with Gasteiger partial charge in [0.25, 0.3) is 5.91 Å². The minimum absolute atomic E-state index is 0.0141. The molecule has 2 heterocycles. The number of rotatable bonds is 4. The van der Waals surface area contributed by atoms with E-state index in [1.165, 1.54) is 11.1 Å². The number of fused-ring (bicyclic) bond motifs is 2. The normalized spacial score (nSPS) is 14.6. The Kier molecular flexibility index (Phi) is 5.38. The Morgan fingerprint density at radius 2 is 1.84 bits per heavy atom. The molecule has 0 aromatic heterocycles. The van der Waals surface area contributed by atoms with Crippen molar-refractivity contribution in [2.24, 2.45) is 0 Å². The zero-order valence-corrected chi connectivity index (χ0v) is 17.8. The molecule has 31 heavy (non-hydrogen) atoms. The van der Waals surface area contributed by atoms with Gasteiger partial charge in [0.1, 0.15) is 5.75 Å². The molecule has 0 saturated carbocycles. The largest absolute Gasteiger partial charge is 0.493 e. The average molecular weight is 431 g/mol. The molecule has 0 unspecified atom stereocenters. The van der Waals surface area contributed by atoms with E-state index in [0.717, 1.165) is 40.6 Å². The first-order valence-corrected chi connectivity index (χ1v) is 11.3. The van der Waals surface area contributed by atoms with E-state index in [2.05, 4.69) is 34.9 Å². The van der Waals surface area contributed by atoms with Crippen LogP contribution in [-0.4, -0.2) is 24.2 Å². The number of ether oxygens (including phenoxy) is 1. The van der Waals surface area contributed by atoms with Crippen LogP contribution < -0.4 is 15.4 Å². The molecule has 6 heteroatoms. The second-order valence-corrected chi connectivity index (χ2v) is 8.79. The molecule has 0 aliphatic carbocycles. The molecule has 0 saturated heterocycles. The Hall–Kier alpha value is -3.25. The zero-order chi connectivity index (χ0) is 21.2. The van der Waals surface area contributed by atoms with Gasteiger partial charge in [0.2, 0.25) is 5.91 Å². The summed E-state index contributed by atoms with van der Waals surface area (Å²) >= 11 is 1.63. The molecule has 0 spiro atoms. The Bertz CT molecular complexity index is 1160. The second kappa shape index (κ2) is 8.47. The van der Waals surface area contributed by atoms with E-state index < -0.39 is 0 Å².